The molecule has 0 aromatic heterocycles. The third kappa shape index (κ3) is 4.84. The quantitative estimate of drug-likeness (QED) is 0.767. The maximum atomic E-state index is 12.0. The number of halogens is 3. The average Bonchev–Trinajstić information content (AvgIpc) is 2.44. The maximum absolute atomic E-state index is 12.0. The zero-order chi connectivity index (χ0) is 11.5. The molecular formula is C10H19F3N2. The van der Waals surface area contributed by atoms with Crippen LogP contribution >= 0.6 is 0 Å². The first kappa shape index (κ1) is 12.8. The molecule has 1 aliphatic rings. The minimum Gasteiger partial charge on any atom is -0.327 e. The Kier molecular flexibility index (Phi) is 4.40. The molecule has 0 amide bonds. The molecule has 0 spiro atoms. The zero-order valence-electron chi connectivity index (χ0n) is 8.98. The molecule has 1 saturated carbocycles. The van der Waals surface area contributed by atoms with Gasteiger partial charge in [-0.25, -0.2) is 0 Å². The number of hydrogen-bond acceptors (Lipinski definition) is 2. The van der Waals surface area contributed by atoms with Crippen molar-refractivity contribution in [3.05, 3.63) is 0 Å². The van der Waals surface area contributed by atoms with Gasteiger partial charge in [0.25, 0.3) is 0 Å². The van der Waals surface area contributed by atoms with Crippen molar-refractivity contribution < 1.29 is 13.2 Å². The van der Waals surface area contributed by atoms with Crippen molar-refractivity contribution in [3.63, 3.8) is 0 Å². The predicted molar refractivity (Wildman–Crippen MR) is 53.5 cm³/mol. The largest absolute Gasteiger partial charge is 0.390 e. The highest BCUT2D eigenvalue weighted by Crippen LogP contribution is 2.24. The van der Waals surface area contributed by atoms with Gasteiger partial charge in [-0.1, -0.05) is 6.42 Å². The number of alkyl halides is 3. The van der Waals surface area contributed by atoms with Crippen LogP contribution in [-0.4, -0.2) is 24.8 Å². The summed E-state index contributed by atoms with van der Waals surface area (Å²) in [6, 6.07) is -0.353. The number of nitrogens with one attached hydrogen (secondary N) is 1. The lowest BCUT2D eigenvalue weighted by molar-refractivity contribution is -0.139. The topological polar surface area (TPSA) is 38.0 Å². The Hall–Kier alpha value is -0.290. The molecule has 0 aromatic carbocycles. The second kappa shape index (κ2) is 5.16. The van der Waals surface area contributed by atoms with Gasteiger partial charge >= 0.3 is 6.18 Å². The minimum atomic E-state index is -4.08. The summed E-state index contributed by atoms with van der Waals surface area (Å²) < 4.78 is 36.1. The van der Waals surface area contributed by atoms with Crippen molar-refractivity contribution in [1.82, 2.24) is 5.32 Å². The van der Waals surface area contributed by atoms with Gasteiger partial charge in [0, 0.05) is 12.1 Å². The van der Waals surface area contributed by atoms with Gasteiger partial charge in [-0.3, -0.25) is 0 Å². The van der Waals surface area contributed by atoms with Crippen molar-refractivity contribution in [2.75, 3.05) is 6.54 Å². The van der Waals surface area contributed by atoms with Gasteiger partial charge in [0.2, 0.25) is 0 Å². The van der Waals surface area contributed by atoms with Gasteiger partial charge < -0.3 is 11.1 Å². The lowest BCUT2D eigenvalue weighted by Crippen LogP contribution is -2.38. The predicted octanol–water partition coefficient (Wildman–Crippen LogP) is 2.04. The molecule has 90 valence electrons. The van der Waals surface area contributed by atoms with E-state index in [0.717, 1.165) is 19.3 Å². The summed E-state index contributed by atoms with van der Waals surface area (Å²) in [5.41, 5.74) is 5.83. The van der Waals surface area contributed by atoms with Gasteiger partial charge in [-0.2, -0.15) is 13.2 Å². The maximum Gasteiger partial charge on any atom is 0.390 e. The van der Waals surface area contributed by atoms with Crippen LogP contribution in [0.15, 0.2) is 0 Å². The Labute approximate surface area is 88.4 Å². The summed E-state index contributed by atoms with van der Waals surface area (Å²) in [6.07, 6.45) is -1.72. The molecule has 5 heteroatoms. The molecule has 3 unspecified atom stereocenters. The molecule has 2 nitrogen and oxygen atoms in total. The molecule has 0 bridgehead atoms. The van der Waals surface area contributed by atoms with Crippen LogP contribution in [-0.2, 0) is 0 Å². The first-order valence-electron chi connectivity index (χ1n) is 5.44. The summed E-state index contributed by atoms with van der Waals surface area (Å²) in [5, 5.41) is 2.91. The van der Waals surface area contributed by atoms with Crippen molar-refractivity contribution >= 4 is 0 Å². The van der Waals surface area contributed by atoms with Crippen molar-refractivity contribution in [2.24, 2.45) is 11.7 Å². The van der Waals surface area contributed by atoms with E-state index in [-0.39, 0.29) is 6.04 Å². The highest BCUT2D eigenvalue weighted by atomic mass is 19.4. The Bertz CT molecular complexity index is 194. The summed E-state index contributed by atoms with van der Waals surface area (Å²) in [6.45, 7) is 2.17. The molecular weight excluding hydrogens is 205 g/mol. The zero-order valence-corrected chi connectivity index (χ0v) is 8.98. The van der Waals surface area contributed by atoms with Crippen LogP contribution in [0.2, 0.25) is 0 Å². The Morgan fingerprint density at radius 2 is 2.07 bits per heavy atom. The van der Waals surface area contributed by atoms with E-state index in [9.17, 15) is 13.2 Å². The highest BCUT2D eigenvalue weighted by Gasteiger charge is 2.30. The fraction of sp³-hybridized carbons (Fsp3) is 1.00. The second-order valence-electron chi connectivity index (χ2n) is 4.48. The molecule has 15 heavy (non-hydrogen) atoms. The lowest BCUT2D eigenvalue weighted by Gasteiger charge is -2.20. The van der Waals surface area contributed by atoms with Crippen LogP contribution in [0, 0.1) is 5.92 Å². The Morgan fingerprint density at radius 3 is 2.53 bits per heavy atom. The molecule has 0 radical (unpaired) electrons. The molecule has 0 aliphatic heterocycles. The van der Waals surface area contributed by atoms with Gasteiger partial charge in [-0.15, -0.1) is 0 Å². The van der Waals surface area contributed by atoms with E-state index in [1.807, 2.05) is 0 Å². The molecule has 1 aliphatic carbocycles. The summed E-state index contributed by atoms with van der Waals surface area (Å²) >= 11 is 0. The van der Waals surface area contributed by atoms with Gasteiger partial charge in [-0.05, 0) is 32.2 Å². The lowest BCUT2D eigenvalue weighted by atomic mass is 10.0. The number of rotatable bonds is 4. The second-order valence-corrected chi connectivity index (χ2v) is 4.48. The van der Waals surface area contributed by atoms with Gasteiger partial charge in [0.05, 0.1) is 6.42 Å². The van der Waals surface area contributed by atoms with Crippen molar-refractivity contribution in [1.29, 1.82) is 0 Å². The number of nitrogens with two attached hydrogens (primary N) is 1. The molecule has 0 aromatic rings. The average molecular weight is 224 g/mol. The van der Waals surface area contributed by atoms with E-state index in [1.54, 1.807) is 6.92 Å². The SMILES string of the molecule is CC(CC(F)(F)F)NCC1CCCC1N. The van der Waals surface area contributed by atoms with Crippen LogP contribution in [0.4, 0.5) is 13.2 Å². The fourth-order valence-corrected chi connectivity index (χ4v) is 2.09. The van der Waals surface area contributed by atoms with Crippen LogP contribution < -0.4 is 11.1 Å². The third-order valence-corrected chi connectivity index (χ3v) is 2.98. The first-order valence-corrected chi connectivity index (χ1v) is 5.44. The van der Waals surface area contributed by atoms with Crippen molar-refractivity contribution in [2.45, 2.75) is 50.9 Å². The van der Waals surface area contributed by atoms with Gasteiger partial charge in [0.1, 0.15) is 0 Å². The number of hydrogen-bond donors (Lipinski definition) is 2. The van der Waals surface area contributed by atoms with Crippen LogP contribution in [0.3, 0.4) is 0 Å². The standard InChI is InChI=1S/C10H19F3N2/c1-7(5-10(11,12)13)15-6-8-3-2-4-9(8)14/h7-9,15H,2-6,14H2,1H3. The normalized spacial score (nSPS) is 29.4. The third-order valence-electron chi connectivity index (χ3n) is 2.98. The molecule has 1 rings (SSSR count). The first-order chi connectivity index (χ1) is 6.88. The van der Waals surface area contributed by atoms with E-state index < -0.39 is 18.6 Å². The van der Waals surface area contributed by atoms with E-state index in [0.29, 0.717) is 12.5 Å². The van der Waals surface area contributed by atoms with E-state index in [1.165, 1.54) is 0 Å². The van der Waals surface area contributed by atoms with Crippen LogP contribution in [0.5, 0.6) is 0 Å². The minimum absolute atomic E-state index is 0.163. The Balaban J connectivity index is 2.19. The summed E-state index contributed by atoms with van der Waals surface area (Å²) in [4.78, 5) is 0. The monoisotopic (exact) mass is 224 g/mol. The van der Waals surface area contributed by atoms with E-state index in [2.05, 4.69) is 5.32 Å². The van der Waals surface area contributed by atoms with Crippen molar-refractivity contribution in [3.8, 4) is 0 Å². The van der Waals surface area contributed by atoms with E-state index in [4.69, 9.17) is 5.73 Å². The molecule has 0 saturated heterocycles. The molecule has 3 atom stereocenters. The summed E-state index contributed by atoms with van der Waals surface area (Å²) in [5.74, 6) is 0.348. The molecule has 3 N–H and O–H groups in total. The van der Waals surface area contributed by atoms with Crippen LogP contribution in [0.25, 0.3) is 0 Å². The highest BCUT2D eigenvalue weighted by molar-refractivity contribution is 4.82. The van der Waals surface area contributed by atoms with Gasteiger partial charge in [0.15, 0.2) is 0 Å². The van der Waals surface area contributed by atoms with E-state index >= 15 is 0 Å². The van der Waals surface area contributed by atoms with Crippen LogP contribution in [0.1, 0.15) is 32.6 Å². The molecule has 1 fully saturated rings. The fourth-order valence-electron chi connectivity index (χ4n) is 2.09. The molecule has 0 heterocycles. The summed E-state index contributed by atoms with van der Waals surface area (Å²) in [7, 11) is 0. The smallest absolute Gasteiger partial charge is 0.327 e. The Morgan fingerprint density at radius 1 is 1.40 bits per heavy atom.